The van der Waals surface area contributed by atoms with Crippen molar-refractivity contribution in [1.29, 1.82) is 0 Å². The zero-order valence-electron chi connectivity index (χ0n) is 15.7. The minimum atomic E-state index is -3.49. The third-order valence-corrected chi connectivity index (χ3v) is 6.47. The fourth-order valence-electron chi connectivity index (χ4n) is 2.41. The Morgan fingerprint density at radius 3 is 2.71 bits per heavy atom. The number of hydrogen-bond donors (Lipinski definition) is 1. The molecule has 2 aromatic carbocycles. The van der Waals surface area contributed by atoms with E-state index in [4.69, 9.17) is 4.74 Å². The summed E-state index contributed by atoms with van der Waals surface area (Å²) in [4.78, 5) is 4.70. The van der Waals surface area contributed by atoms with Crippen molar-refractivity contribution in [1.82, 2.24) is 9.29 Å². The number of aromatic nitrogens is 1. The van der Waals surface area contributed by atoms with Gasteiger partial charge in [-0.2, -0.15) is 5.10 Å². The van der Waals surface area contributed by atoms with Crippen LogP contribution < -0.4 is 10.2 Å². The van der Waals surface area contributed by atoms with E-state index in [0.717, 1.165) is 16.9 Å². The minimum absolute atomic E-state index is 0.228. The number of hydrogen-bond acceptors (Lipinski definition) is 7. The van der Waals surface area contributed by atoms with Crippen molar-refractivity contribution >= 4 is 32.7 Å². The predicted molar refractivity (Wildman–Crippen MR) is 113 cm³/mol. The summed E-state index contributed by atoms with van der Waals surface area (Å²) >= 11 is 1.38. The van der Waals surface area contributed by atoms with Crippen LogP contribution in [-0.2, 0) is 10.0 Å². The van der Waals surface area contributed by atoms with E-state index in [-0.39, 0.29) is 4.90 Å². The van der Waals surface area contributed by atoms with Gasteiger partial charge < -0.3 is 4.74 Å². The van der Waals surface area contributed by atoms with E-state index in [0.29, 0.717) is 10.8 Å². The second-order valence-corrected chi connectivity index (χ2v) is 8.98. The zero-order chi connectivity index (χ0) is 20.1. The first kappa shape index (κ1) is 20.0. The third-order valence-electron chi connectivity index (χ3n) is 3.92. The number of sulfonamides is 1. The molecule has 28 heavy (non-hydrogen) atoms. The van der Waals surface area contributed by atoms with Gasteiger partial charge in [0.1, 0.15) is 5.75 Å². The average Bonchev–Trinajstić information content (AvgIpc) is 3.17. The number of rotatable bonds is 7. The highest BCUT2D eigenvalue weighted by Gasteiger charge is 2.18. The molecule has 0 amide bonds. The largest absolute Gasteiger partial charge is 0.496 e. The molecule has 0 aliphatic carbocycles. The topological polar surface area (TPSA) is 83.9 Å². The van der Waals surface area contributed by atoms with Crippen LogP contribution in [0.2, 0.25) is 0 Å². The fourth-order valence-corrected chi connectivity index (χ4v) is 4.03. The lowest BCUT2D eigenvalue weighted by molar-refractivity contribution is 0.414. The van der Waals surface area contributed by atoms with E-state index in [1.54, 1.807) is 31.5 Å². The van der Waals surface area contributed by atoms with Gasteiger partial charge in [0, 0.05) is 30.6 Å². The fraction of sp³-hybridized carbons (Fsp3) is 0.158. The number of para-hydroxylation sites is 1. The first-order valence-electron chi connectivity index (χ1n) is 8.32. The number of methoxy groups -OCH3 is 1. The summed E-state index contributed by atoms with van der Waals surface area (Å²) in [5.41, 5.74) is 5.14. The lowest BCUT2D eigenvalue weighted by atomic mass is 10.2. The minimum Gasteiger partial charge on any atom is -0.496 e. The Bertz CT molecular complexity index is 1090. The molecule has 0 saturated heterocycles. The Morgan fingerprint density at radius 2 is 1.96 bits per heavy atom. The molecule has 1 heterocycles. The highest BCUT2D eigenvalue weighted by atomic mass is 32.2. The lowest BCUT2D eigenvalue weighted by Crippen LogP contribution is -2.22. The van der Waals surface area contributed by atoms with Crippen molar-refractivity contribution in [2.24, 2.45) is 5.10 Å². The van der Waals surface area contributed by atoms with Crippen molar-refractivity contribution in [3.8, 4) is 17.0 Å². The van der Waals surface area contributed by atoms with Gasteiger partial charge in [0.15, 0.2) is 0 Å². The molecule has 1 N–H and O–H groups in total. The maximum absolute atomic E-state index is 12.3. The van der Waals surface area contributed by atoms with Crippen LogP contribution in [0.25, 0.3) is 11.3 Å². The van der Waals surface area contributed by atoms with Gasteiger partial charge in [-0.15, -0.1) is 11.3 Å². The smallest absolute Gasteiger partial charge is 0.242 e. The number of anilines is 1. The molecular weight excluding hydrogens is 396 g/mol. The summed E-state index contributed by atoms with van der Waals surface area (Å²) in [6.07, 6.45) is 1.66. The normalized spacial score (nSPS) is 11.9. The number of benzene rings is 2. The zero-order valence-corrected chi connectivity index (χ0v) is 17.3. The first-order valence-corrected chi connectivity index (χ1v) is 10.6. The Morgan fingerprint density at radius 1 is 1.18 bits per heavy atom. The highest BCUT2D eigenvalue weighted by Crippen LogP contribution is 2.27. The Kier molecular flexibility index (Phi) is 6.08. The molecule has 0 aliphatic rings. The highest BCUT2D eigenvalue weighted by molar-refractivity contribution is 7.89. The molecule has 7 nitrogen and oxygen atoms in total. The molecule has 0 saturated carbocycles. The maximum Gasteiger partial charge on any atom is 0.242 e. The summed E-state index contributed by atoms with van der Waals surface area (Å²) in [5.74, 6) is 0.729. The number of hydrazone groups is 1. The van der Waals surface area contributed by atoms with Crippen molar-refractivity contribution in [3.63, 3.8) is 0 Å². The molecule has 3 aromatic rings. The lowest BCUT2D eigenvalue weighted by Gasteiger charge is -2.11. The molecule has 0 bridgehead atoms. The van der Waals surface area contributed by atoms with Gasteiger partial charge in [0.25, 0.3) is 0 Å². The molecular formula is C19H20N4O3S2. The van der Waals surface area contributed by atoms with Crippen LogP contribution >= 0.6 is 11.3 Å². The monoisotopic (exact) mass is 416 g/mol. The molecule has 9 heteroatoms. The van der Waals surface area contributed by atoms with Gasteiger partial charge in [-0.25, -0.2) is 17.7 Å². The van der Waals surface area contributed by atoms with Gasteiger partial charge in [-0.05, 0) is 24.3 Å². The second-order valence-electron chi connectivity index (χ2n) is 5.97. The van der Waals surface area contributed by atoms with Crippen molar-refractivity contribution in [2.45, 2.75) is 4.90 Å². The Hall–Kier alpha value is -2.75. The third kappa shape index (κ3) is 4.38. The van der Waals surface area contributed by atoms with Crippen molar-refractivity contribution in [2.75, 3.05) is 26.6 Å². The molecule has 0 atom stereocenters. The van der Waals surface area contributed by atoms with Crippen LogP contribution in [0, 0.1) is 0 Å². The van der Waals surface area contributed by atoms with E-state index in [1.165, 1.54) is 29.7 Å². The first-order chi connectivity index (χ1) is 13.4. The van der Waals surface area contributed by atoms with Gasteiger partial charge in [-0.3, -0.25) is 5.43 Å². The van der Waals surface area contributed by atoms with Crippen molar-refractivity contribution < 1.29 is 13.2 Å². The van der Waals surface area contributed by atoms with Crippen LogP contribution in [0.5, 0.6) is 5.75 Å². The maximum atomic E-state index is 12.3. The summed E-state index contributed by atoms with van der Waals surface area (Å²) in [5, 5.41) is 6.65. The van der Waals surface area contributed by atoms with Gasteiger partial charge in [0.2, 0.25) is 15.2 Å². The van der Waals surface area contributed by atoms with Gasteiger partial charge in [0.05, 0.1) is 23.9 Å². The van der Waals surface area contributed by atoms with E-state index < -0.39 is 10.0 Å². The van der Waals surface area contributed by atoms with Crippen LogP contribution in [0.1, 0.15) is 5.56 Å². The van der Waals surface area contributed by atoms with E-state index >= 15 is 0 Å². The predicted octanol–water partition coefficient (Wildman–Crippen LogP) is 3.52. The quantitative estimate of drug-likeness (QED) is 0.471. The molecule has 146 valence electrons. The molecule has 1 aromatic heterocycles. The molecule has 0 spiro atoms. The van der Waals surface area contributed by atoms with Crippen LogP contribution in [0.15, 0.2) is 63.9 Å². The van der Waals surface area contributed by atoms with Crippen molar-refractivity contribution in [3.05, 3.63) is 59.5 Å². The summed E-state index contributed by atoms with van der Waals surface area (Å²) in [7, 11) is 1.13. The second kappa shape index (κ2) is 8.51. The van der Waals surface area contributed by atoms with E-state index in [9.17, 15) is 8.42 Å². The van der Waals surface area contributed by atoms with Gasteiger partial charge >= 0.3 is 0 Å². The summed E-state index contributed by atoms with van der Waals surface area (Å²) in [6.45, 7) is 0. The van der Waals surface area contributed by atoms with Gasteiger partial charge in [-0.1, -0.05) is 24.3 Å². The van der Waals surface area contributed by atoms with Crippen LogP contribution in [0.4, 0.5) is 5.13 Å². The number of nitrogens with zero attached hydrogens (tertiary/aromatic N) is 3. The number of nitrogens with one attached hydrogen (secondary N) is 1. The molecule has 3 rings (SSSR count). The summed E-state index contributed by atoms with van der Waals surface area (Å²) in [6, 6.07) is 14.3. The molecule has 0 unspecified atom stereocenters. The molecule has 0 aliphatic heterocycles. The average molecular weight is 417 g/mol. The standard InChI is InChI=1S/C19H20N4O3S2/c1-23(2)28(24,25)16-9-6-8-14(11-16)17-13-27-19(21-17)22-20-12-15-7-4-5-10-18(15)26-3/h4-13H,1-3H3,(H,21,22)/b20-12+. The Labute approximate surface area is 168 Å². The van der Waals surface area contributed by atoms with Crippen LogP contribution in [-0.4, -0.2) is 45.1 Å². The summed E-state index contributed by atoms with van der Waals surface area (Å²) < 4.78 is 31.1. The van der Waals surface area contributed by atoms with E-state index in [2.05, 4.69) is 15.5 Å². The van der Waals surface area contributed by atoms with Crippen LogP contribution in [0.3, 0.4) is 0 Å². The SMILES string of the molecule is COc1ccccc1/C=N/Nc1nc(-c2cccc(S(=O)(=O)N(C)C)c2)cs1. The number of ether oxygens (including phenoxy) is 1. The molecule has 0 fully saturated rings. The van der Waals surface area contributed by atoms with E-state index in [1.807, 2.05) is 35.7 Å². The molecule has 0 radical (unpaired) electrons. The number of thiazole rings is 1. The Balaban J connectivity index is 1.77.